The molecule has 3 N–H and O–H groups in total. The number of ether oxygens (including phenoxy) is 1. The van der Waals surface area contributed by atoms with Gasteiger partial charge >= 0.3 is 12.1 Å². The van der Waals surface area contributed by atoms with E-state index in [1.54, 1.807) is 6.07 Å². The van der Waals surface area contributed by atoms with Crippen molar-refractivity contribution in [3.05, 3.63) is 89.0 Å². The number of amides is 2. The second-order valence-electron chi connectivity index (χ2n) is 8.74. The van der Waals surface area contributed by atoms with Gasteiger partial charge in [-0.25, -0.2) is 4.79 Å². The predicted octanol–water partition coefficient (Wildman–Crippen LogP) is 5.01. The van der Waals surface area contributed by atoms with E-state index in [1.807, 2.05) is 74.5 Å². The Labute approximate surface area is 204 Å². The zero-order chi connectivity index (χ0) is 24.9. The number of carboxylic acids is 1. The fourth-order valence-corrected chi connectivity index (χ4v) is 4.37. The number of benzene rings is 3. The third-order valence-electron chi connectivity index (χ3n) is 6.37. The van der Waals surface area contributed by atoms with E-state index in [9.17, 15) is 14.4 Å². The highest BCUT2D eigenvalue weighted by atomic mass is 16.5. The minimum atomic E-state index is -1.05. The van der Waals surface area contributed by atoms with E-state index >= 15 is 0 Å². The summed E-state index contributed by atoms with van der Waals surface area (Å²) in [5.41, 5.74) is 7.06. The summed E-state index contributed by atoms with van der Waals surface area (Å²) in [5.74, 6) is -1.67. The second-order valence-corrected chi connectivity index (χ2v) is 8.74. The molecule has 0 aromatic heterocycles. The summed E-state index contributed by atoms with van der Waals surface area (Å²) >= 11 is 0. The smallest absolute Gasteiger partial charge is 0.407 e. The summed E-state index contributed by atoms with van der Waals surface area (Å²) in [4.78, 5) is 36.7. The van der Waals surface area contributed by atoms with Crippen LogP contribution in [0.4, 0.5) is 10.5 Å². The number of aryl methyl sites for hydroxylation is 2. The van der Waals surface area contributed by atoms with Crippen molar-refractivity contribution in [1.29, 1.82) is 0 Å². The lowest BCUT2D eigenvalue weighted by atomic mass is 9.98. The third kappa shape index (κ3) is 5.51. The summed E-state index contributed by atoms with van der Waals surface area (Å²) in [6.07, 6.45) is -1.09. The lowest BCUT2D eigenvalue weighted by Crippen LogP contribution is -2.44. The van der Waals surface area contributed by atoms with Gasteiger partial charge in [-0.1, -0.05) is 54.6 Å². The van der Waals surface area contributed by atoms with E-state index in [2.05, 4.69) is 10.6 Å². The molecule has 1 unspecified atom stereocenters. The Morgan fingerprint density at radius 3 is 2.14 bits per heavy atom. The maximum absolute atomic E-state index is 12.9. The number of fused-ring (bicyclic) bond motifs is 3. The highest BCUT2D eigenvalue weighted by molar-refractivity contribution is 5.97. The molecule has 1 aliphatic carbocycles. The first-order chi connectivity index (χ1) is 16.8. The number of nitrogens with one attached hydrogen (secondary N) is 2. The molecule has 3 aromatic rings. The van der Waals surface area contributed by atoms with Crippen molar-refractivity contribution in [2.24, 2.45) is 0 Å². The predicted molar refractivity (Wildman–Crippen MR) is 133 cm³/mol. The Bertz CT molecular complexity index is 1220. The molecule has 0 heterocycles. The van der Waals surface area contributed by atoms with Crippen molar-refractivity contribution < 1.29 is 24.2 Å². The van der Waals surface area contributed by atoms with Crippen LogP contribution >= 0.6 is 0 Å². The second kappa shape index (κ2) is 10.4. The first-order valence-electron chi connectivity index (χ1n) is 11.5. The van der Waals surface area contributed by atoms with Crippen LogP contribution in [0.3, 0.4) is 0 Å². The van der Waals surface area contributed by atoms with Crippen LogP contribution in [0.15, 0.2) is 66.7 Å². The summed E-state index contributed by atoms with van der Waals surface area (Å²) in [6.45, 7) is 4.00. The van der Waals surface area contributed by atoms with Crippen molar-refractivity contribution in [3.63, 3.8) is 0 Å². The number of aliphatic carboxylic acids is 1. The van der Waals surface area contributed by atoms with Crippen LogP contribution in [0.1, 0.15) is 41.0 Å². The van der Waals surface area contributed by atoms with Crippen LogP contribution in [0, 0.1) is 13.8 Å². The van der Waals surface area contributed by atoms with Gasteiger partial charge in [0.2, 0.25) is 5.91 Å². The Kier molecular flexibility index (Phi) is 7.15. The normalized spacial score (nSPS) is 12.9. The van der Waals surface area contributed by atoms with E-state index in [-0.39, 0.29) is 25.4 Å². The lowest BCUT2D eigenvalue weighted by Gasteiger charge is -2.19. The first-order valence-corrected chi connectivity index (χ1v) is 11.5. The standard InChI is InChI=1S/C28H28N2O5/c1-17-11-12-19(15-18(17)2)29-27(33)25(13-14-26(31)32)30-28(34)35-16-24-22-9-5-3-7-20(22)21-8-4-6-10-23(21)24/h3-12,15,24-25H,13-14,16H2,1-2H3,(H,29,33)(H,30,34)(H,31,32). The Morgan fingerprint density at radius 2 is 1.54 bits per heavy atom. The average molecular weight is 473 g/mol. The number of anilines is 1. The van der Waals surface area contributed by atoms with E-state index in [0.717, 1.165) is 33.4 Å². The van der Waals surface area contributed by atoms with Gasteiger partial charge in [0.15, 0.2) is 0 Å². The van der Waals surface area contributed by atoms with Gasteiger partial charge in [-0.15, -0.1) is 0 Å². The largest absolute Gasteiger partial charge is 0.481 e. The zero-order valence-electron chi connectivity index (χ0n) is 19.7. The minimum absolute atomic E-state index is 0.0593. The molecule has 180 valence electrons. The van der Waals surface area contributed by atoms with Crippen molar-refractivity contribution in [3.8, 4) is 11.1 Å². The fraction of sp³-hybridized carbons (Fsp3) is 0.250. The van der Waals surface area contributed by atoms with Crippen LogP contribution in [0.2, 0.25) is 0 Å². The average Bonchev–Trinajstić information content (AvgIpc) is 3.16. The molecule has 0 saturated heterocycles. The van der Waals surface area contributed by atoms with Gasteiger partial charge in [-0.3, -0.25) is 9.59 Å². The van der Waals surface area contributed by atoms with Gasteiger partial charge in [0, 0.05) is 18.0 Å². The molecule has 7 heteroatoms. The monoisotopic (exact) mass is 472 g/mol. The number of hydrogen-bond donors (Lipinski definition) is 3. The molecule has 0 fully saturated rings. The van der Waals surface area contributed by atoms with Crippen LogP contribution in [-0.4, -0.2) is 35.7 Å². The molecule has 0 spiro atoms. The minimum Gasteiger partial charge on any atom is -0.481 e. The number of alkyl carbamates (subject to hydrolysis) is 1. The Hall–Kier alpha value is -4.13. The molecular weight excluding hydrogens is 444 g/mol. The van der Waals surface area contributed by atoms with Crippen LogP contribution in [0.25, 0.3) is 11.1 Å². The number of carboxylic acid groups (broad SMARTS) is 1. The lowest BCUT2D eigenvalue weighted by molar-refractivity contribution is -0.137. The van der Waals surface area contributed by atoms with Gasteiger partial charge in [0.1, 0.15) is 12.6 Å². The fourth-order valence-electron chi connectivity index (χ4n) is 4.37. The summed E-state index contributed by atoms with van der Waals surface area (Å²) in [5, 5.41) is 14.4. The number of carbonyl (C=O) groups excluding carboxylic acids is 2. The molecule has 3 aromatic carbocycles. The number of rotatable bonds is 8. The molecule has 1 atom stereocenters. The summed E-state index contributed by atoms with van der Waals surface area (Å²) < 4.78 is 5.53. The maximum atomic E-state index is 12.9. The highest BCUT2D eigenvalue weighted by Crippen LogP contribution is 2.44. The van der Waals surface area contributed by atoms with Gasteiger partial charge in [0.05, 0.1) is 0 Å². The summed E-state index contributed by atoms with van der Waals surface area (Å²) in [7, 11) is 0. The molecular formula is C28H28N2O5. The summed E-state index contributed by atoms with van der Waals surface area (Å²) in [6, 6.07) is 20.4. The molecule has 2 amide bonds. The molecule has 4 rings (SSSR count). The SMILES string of the molecule is Cc1ccc(NC(=O)C(CCC(=O)O)NC(=O)OCC2c3ccccc3-c3ccccc32)cc1C. The highest BCUT2D eigenvalue weighted by Gasteiger charge is 2.30. The maximum Gasteiger partial charge on any atom is 0.407 e. The van der Waals surface area contributed by atoms with Gasteiger partial charge in [-0.2, -0.15) is 0 Å². The van der Waals surface area contributed by atoms with Crippen molar-refractivity contribution >= 4 is 23.7 Å². The third-order valence-corrected chi connectivity index (χ3v) is 6.37. The van der Waals surface area contributed by atoms with Crippen LogP contribution in [-0.2, 0) is 14.3 Å². The molecule has 0 saturated carbocycles. The number of carbonyl (C=O) groups is 3. The zero-order valence-corrected chi connectivity index (χ0v) is 19.7. The van der Waals surface area contributed by atoms with E-state index in [0.29, 0.717) is 5.69 Å². The number of hydrogen-bond acceptors (Lipinski definition) is 4. The van der Waals surface area contributed by atoms with E-state index < -0.39 is 24.0 Å². The van der Waals surface area contributed by atoms with Crippen molar-refractivity contribution in [2.75, 3.05) is 11.9 Å². The molecule has 0 radical (unpaired) electrons. The Balaban J connectivity index is 1.43. The van der Waals surface area contributed by atoms with Gasteiger partial charge in [0.25, 0.3) is 0 Å². The Morgan fingerprint density at radius 1 is 0.914 bits per heavy atom. The van der Waals surface area contributed by atoms with Crippen molar-refractivity contribution in [1.82, 2.24) is 5.32 Å². The topological polar surface area (TPSA) is 105 Å². The molecule has 1 aliphatic rings. The van der Waals surface area contributed by atoms with E-state index in [4.69, 9.17) is 9.84 Å². The van der Waals surface area contributed by atoms with Crippen LogP contribution in [0.5, 0.6) is 0 Å². The quantitative estimate of drug-likeness (QED) is 0.427. The van der Waals surface area contributed by atoms with Gasteiger partial charge < -0.3 is 20.5 Å². The molecule has 7 nitrogen and oxygen atoms in total. The van der Waals surface area contributed by atoms with Gasteiger partial charge in [-0.05, 0) is 65.8 Å². The molecule has 35 heavy (non-hydrogen) atoms. The van der Waals surface area contributed by atoms with Crippen molar-refractivity contribution in [2.45, 2.75) is 38.6 Å². The first kappa shape index (κ1) is 24.0. The van der Waals surface area contributed by atoms with Crippen LogP contribution < -0.4 is 10.6 Å². The molecule has 0 aliphatic heterocycles. The molecule has 0 bridgehead atoms. The van der Waals surface area contributed by atoms with E-state index in [1.165, 1.54) is 0 Å².